The van der Waals surface area contributed by atoms with Gasteiger partial charge in [-0.1, -0.05) is 12.1 Å². The first-order valence-corrected chi connectivity index (χ1v) is 4.69. The minimum Gasteiger partial charge on any atom is -0.424 e. The van der Waals surface area contributed by atoms with Crippen molar-refractivity contribution in [1.29, 1.82) is 0 Å². The molecule has 2 aromatic rings. The van der Waals surface area contributed by atoms with Crippen molar-refractivity contribution in [3.8, 4) is 0 Å². The van der Waals surface area contributed by atoms with Crippen molar-refractivity contribution in [3.05, 3.63) is 24.3 Å². The number of oxazole rings is 1. The highest BCUT2D eigenvalue weighted by Gasteiger charge is 2.02. The molecule has 0 radical (unpaired) electrons. The van der Waals surface area contributed by atoms with E-state index in [1.54, 1.807) is 0 Å². The van der Waals surface area contributed by atoms with Crippen LogP contribution >= 0.6 is 0 Å². The van der Waals surface area contributed by atoms with Gasteiger partial charge in [0.15, 0.2) is 5.58 Å². The Morgan fingerprint density at radius 2 is 2.21 bits per heavy atom. The van der Waals surface area contributed by atoms with E-state index in [2.05, 4.69) is 10.3 Å². The molecule has 1 aromatic heterocycles. The zero-order valence-corrected chi connectivity index (χ0v) is 7.86. The predicted molar refractivity (Wildman–Crippen MR) is 56.2 cm³/mol. The number of anilines is 1. The van der Waals surface area contributed by atoms with E-state index in [9.17, 15) is 0 Å². The third kappa shape index (κ3) is 1.85. The number of para-hydroxylation sites is 2. The van der Waals surface area contributed by atoms with Crippen LogP contribution in [0.4, 0.5) is 6.01 Å². The Bertz CT molecular complexity index is 377. The maximum Gasteiger partial charge on any atom is 0.295 e. The van der Waals surface area contributed by atoms with Gasteiger partial charge in [-0.3, -0.25) is 0 Å². The zero-order valence-electron chi connectivity index (χ0n) is 7.86. The molecule has 2 rings (SSSR count). The molecule has 0 fully saturated rings. The van der Waals surface area contributed by atoms with Crippen molar-refractivity contribution in [3.63, 3.8) is 0 Å². The lowest BCUT2D eigenvalue weighted by Gasteiger charge is -1.97. The molecule has 0 saturated heterocycles. The van der Waals surface area contributed by atoms with Crippen molar-refractivity contribution < 1.29 is 4.42 Å². The molecule has 0 saturated carbocycles. The van der Waals surface area contributed by atoms with E-state index in [0.717, 1.165) is 24.1 Å². The zero-order chi connectivity index (χ0) is 9.80. The van der Waals surface area contributed by atoms with Crippen LogP contribution in [0.2, 0.25) is 0 Å². The molecule has 0 unspecified atom stereocenters. The lowest BCUT2D eigenvalue weighted by molar-refractivity contribution is 0.612. The lowest BCUT2D eigenvalue weighted by Crippen LogP contribution is -2.08. The van der Waals surface area contributed by atoms with E-state index in [1.165, 1.54) is 0 Å². The molecule has 0 aliphatic heterocycles. The monoisotopic (exact) mass is 191 g/mol. The number of benzene rings is 1. The summed E-state index contributed by atoms with van der Waals surface area (Å²) in [5, 5.41) is 3.08. The maximum absolute atomic E-state index is 5.45. The summed E-state index contributed by atoms with van der Waals surface area (Å²) < 4.78 is 5.45. The molecule has 0 bridgehead atoms. The second kappa shape index (κ2) is 4.11. The summed E-state index contributed by atoms with van der Waals surface area (Å²) in [6.07, 6.45) is 0.915. The van der Waals surface area contributed by atoms with Crippen LogP contribution in [-0.2, 0) is 0 Å². The molecule has 0 atom stereocenters. The molecule has 1 aromatic carbocycles. The van der Waals surface area contributed by atoms with Crippen LogP contribution in [0, 0.1) is 0 Å². The molecule has 0 amide bonds. The van der Waals surface area contributed by atoms with Crippen LogP contribution in [0.3, 0.4) is 0 Å². The van der Waals surface area contributed by atoms with Gasteiger partial charge in [-0.2, -0.15) is 4.98 Å². The van der Waals surface area contributed by atoms with Gasteiger partial charge in [-0.15, -0.1) is 0 Å². The number of hydrogen-bond donors (Lipinski definition) is 2. The van der Waals surface area contributed by atoms with Crippen LogP contribution in [0.5, 0.6) is 0 Å². The predicted octanol–water partition coefficient (Wildman–Crippen LogP) is 1.59. The van der Waals surface area contributed by atoms with Crippen molar-refractivity contribution in [2.24, 2.45) is 5.73 Å². The molecule has 74 valence electrons. The average molecular weight is 191 g/mol. The number of fused-ring (bicyclic) bond motifs is 1. The molecule has 4 heteroatoms. The van der Waals surface area contributed by atoms with Crippen LogP contribution in [0.25, 0.3) is 11.1 Å². The minimum absolute atomic E-state index is 0.569. The first kappa shape index (κ1) is 9.02. The van der Waals surface area contributed by atoms with E-state index in [-0.39, 0.29) is 0 Å². The van der Waals surface area contributed by atoms with Crippen LogP contribution < -0.4 is 11.1 Å². The standard InChI is InChI=1S/C10H13N3O/c11-6-3-7-12-10-13-8-4-1-2-5-9(8)14-10/h1-2,4-5H,3,6-7,11H2,(H,12,13). The fraction of sp³-hybridized carbons (Fsp3) is 0.300. The van der Waals surface area contributed by atoms with Gasteiger partial charge in [0.1, 0.15) is 5.52 Å². The van der Waals surface area contributed by atoms with E-state index in [1.807, 2.05) is 24.3 Å². The van der Waals surface area contributed by atoms with E-state index >= 15 is 0 Å². The summed E-state index contributed by atoms with van der Waals surface area (Å²) in [5.41, 5.74) is 7.06. The third-order valence-corrected chi connectivity index (χ3v) is 1.95. The fourth-order valence-electron chi connectivity index (χ4n) is 1.25. The highest BCUT2D eigenvalue weighted by molar-refractivity contribution is 5.74. The van der Waals surface area contributed by atoms with Crippen LogP contribution in [0.1, 0.15) is 6.42 Å². The highest BCUT2D eigenvalue weighted by Crippen LogP contribution is 2.17. The van der Waals surface area contributed by atoms with Gasteiger partial charge in [0, 0.05) is 6.54 Å². The SMILES string of the molecule is NCCCNc1nc2ccccc2o1. The Morgan fingerprint density at radius 1 is 1.36 bits per heavy atom. The second-order valence-corrected chi connectivity index (χ2v) is 3.06. The van der Waals surface area contributed by atoms with Crippen LogP contribution in [-0.4, -0.2) is 18.1 Å². The van der Waals surface area contributed by atoms with Crippen molar-refractivity contribution >= 4 is 17.1 Å². The first-order valence-electron chi connectivity index (χ1n) is 4.69. The Hall–Kier alpha value is -1.55. The Labute approximate surface area is 82.1 Å². The summed E-state index contributed by atoms with van der Waals surface area (Å²) in [6, 6.07) is 8.26. The molecule has 14 heavy (non-hydrogen) atoms. The van der Waals surface area contributed by atoms with E-state index < -0.39 is 0 Å². The summed E-state index contributed by atoms with van der Waals surface area (Å²) in [4.78, 5) is 4.27. The molecule has 0 aliphatic carbocycles. The van der Waals surface area contributed by atoms with Gasteiger partial charge in [0.25, 0.3) is 6.01 Å². The Balaban J connectivity index is 2.11. The molecule has 4 nitrogen and oxygen atoms in total. The third-order valence-electron chi connectivity index (χ3n) is 1.95. The minimum atomic E-state index is 0.569. The van der Waals surface area contributed by atoms with E-state index in [4.69, 9.17) is 10.2 Å². The fourth-order valence-corrected chi connectivity index (χ4v) is 1.25. The quantitative estimate of drug-likeness (QED) is 0.720. The number of nitrogens with two attached hydrogens (primary N) is 1. The molecular formula is C10H13N3O. The smallest absolute Gasteiger partial charge is 0.295 e. The van der Waals surface area contributed by atoms with Gasteiger partial charge in [-0.25, -0.2) is 0 Å². The number of hydrogen-bond acceptors (Lipinski definition) is 4. The molecule has 0 aliphatic rings. The Kier molecular flexibility index (Phi) is 2.65. The highest BCUT2D eigenvalue weighted by atomic mass is 16.4. The summed E-state index contributed by atoms with van der Waals surface area (Å²) in [6.45, 7) is 1.47. The van der Waals surface area contributed by atoms with E-state index in [0.29, 0.717) is 12.6 Å². The van der Waals surface area contributed by atoms with Gasteiger partial charge in [0.2, 0.25) is 0 Å². The second-order valence-electron chi connectivity index (χ2n) is 3.06. The maximum atomic E-state index is 5.45. The van der Waals surface area contributed by atoms with Gasteiger partial charge in [0.05, 0.1) is 0 Å². The largest absolute Gasteiger partial charge is 0.424 e. The number of nitrogens with one attached hydrogen (secondary N) is 1. The summed E-state index contributed by atoms with van der Waals surface area (Å²) in [5.74, 6) is 0. The first-order chi connectivity index (χ1) is 6.90. The lowest BCUT2D eigenvalue weighted by atomic mass is 10.3. The molecular weight excluding hydrogens is 178 g/mol. The van der Waals surface area contributed by atoms with Crippen molar-refractivity contribution in [2.45, 2.75) is 6.42 Å². The van der Waals surface area contributed by atoms with Crippen LogP contribution in [0.15, 0.2) is 28.7 Å². The number of rotatable bonds is 4. The van der Waals surface area contributed by atoms with Crippen molar-refractivity contribution in [2.75, 3.05) is 18.4 Å². The number of nitrogens with zero attached hydrogens (tertiary/aromatic N) is 1. The van der Waals surface area contributed by atoms with Gasteiger partial charge < -0.3 is 15.5 Å². The average Bonchev–Trinajstić information content (AvgIpc) is 2.60. The molecule has 1 heterocycles. The number of aromatic nitrogens is 1. The van der Waals surface area contributed by atoms with Gasteiger partial charge >= 0.3 is 0 Å². The molecule has 3 N–H and O–H groups in total. The molecule has 0 spiro atoms. The summed E-state index contributed by atoms with van der Waals surface area (Å²) in [7, 11) is 0. The Morgan fingerprint density at radius 3 is 3.00 bits per heavy atom. The summed E-state index contributed by atoms with van der Waals surface area (Å²) >= 11 is 0. The topological polar surface area (TPSA) is 64.1 Å². The van der Waals surface area contributed by atoms with Crippen molar-refractivity contribution in [1.82, 2.24) is 4.98 Å². The van der Waals surface area contributed by atoms with Gasteiger partial charge in [-0.05, 0) is 25.1 Å². The normalized spacial score (nSPS) is 10.6.